The van der Waals surface area contributed by atoms with Crippen molar-refractivity contribution in [1.82, 2.24) is 0 Å². The van der Waals surface area contributed by atoms with Gasteiger partial charge in [0.2, 0.25) is 0 Å². The molecule has 0 amide bonds. The topological polar surface area (TPSA) is 61.8 Å². The molecule has 24 heavy (non-hydrogen) atoms. The first-order valence-electron chi connectivity index (χ1n) is 9.60. The standard InChI is InChI=1S/C19H24O5/c1-3-22-10(20)6-18-14-8-5-9-13-12(8)16(18)17(13)19(24-18,15(9)14)7-11(21)23-4-2/h8-9,12-17H,3-7H2,1-2H3. The van der Waals surface area contributed by atoms with Gasteiger partial charge in [-0.05, 0) is 67.6 Å². The van der Waals surface area contributed by atoms with Crippen LogP contribution in [-0.2, 0) is 23.8 Å². The minimum Gasteiger partial charge on any atom is -0.466 e. The Bertz CT molecular complexity index is 602. The monoisotopic (exact) mass is 332 g/mol. The Balaban J connectivity index is 1.39. The minimum absolute atomic E-state index is 0.128. The first-order valence-corrected chi connectivity index (χ1v) is 9.60. The van der Waals surface area contributed by atoms with E-state index in [1.807, 2.05) is 13.8 Å². The molecule has 7 aliphatic rings. The predicted octanol–water partition coefficient (Wildman–Crippen LogP) is 1.79. The SMILES string of the molecule is CCOC(=O)CC12OC3(CC(=O)OCC)C4C5CC(C6C5C3C61)C42. The van der Waals surface area contributed by atoms with E-state index in [2.05, 4.69) is 0 Å². The van der Waals surface area contributed by atoms with Crippen LogP contribution < -0.4 is 0 Å². The molecule has 0 aromatic rings. The molecule has 2 aliphatic heterocycles. The normalized spacial score (nSPS) is 58.6. The van der Waals surface area contributed by atoms with E-state index in [0.29, 0.717) is 49.7 Å². The Morgan fingerprint density at radius 1 is 0.875 bits per heavy atom. The number of carbonyl (C=O) groups excluding carboxylic acids is 2. The lowest BCUT2D eigenvalue weighted by molar-refractivity contribution is -0.157. The molecule has 10 unspecified atom stereocenters. The lowest BCUT2D eigenvalue weighted by Gasteiger charge is -2.47. The Morgan fingerprint density at radius 3 is 1.75 bits per heavy atom. The number of carbonyl (C=O) groups is 2. The third kappa shape index (κ3) is 1.15. The van der Waals surface area contributed by atoms with Gasteiger partial charge in [0.25, 0.3) is 0 Å². The average Bonchev–Trinajstić information content (AvgIpc) is 3.11. The largest absolute Gasteiger partial charge is 0.466 e. The molecule has 0 radical (unpaired) electrons. The molecule has 2 saturated heterocycles. The maximum Gasteiger partial charge on any atom is 0.308 e. The third-order valence-corrected chi connectivity index (χ3v) is 8.59. The van der Waals surface area contributed by atoms with Gasteiger partial charge in [0.1, 0.15) is 0 Å². The van der Waals surface area contributed by atoms with Crippen molar-refractivity contribution in [2.24, 2.45) is 47.3 Å². The van der Waals surface area contributed by atoms with Crippen LogP contribution in [0, 0.1) is 47.3 Å². The minimum atomic E-state index is -0.328. The van der Waals surface area contributed by atoms with Crippen molar-refractivity contribution in [2.75, 3.05) is 13.2 Å². The zero-order valence-electron chi connectivity index (χ0n) is 14.2. The van der Waals surface area contributed by atoms with E-state index in [1.54, 1.807) is 0 Å². The summed E-state index contributed by atoms with van der Waals surface area (Å²) in [7, 11) is 0. The highest BCUT2D eigenvalue weighted by Crippen LogP contribution is 2.93. The Kier molecular flexibility index (Phi) is 2.35. The second kappa shape index (κ2) is 4.00. The molecule has 130 valence electrons. The van der Waals surface area contributed by atoms with Gasteiger partial charge in [-0.2, -0.15) is 0 Å². The fourth-order valence-corrected chi connectivity index (χ4v) is 8.93. The van der Waals surface area contributed by atoms with Crippen LogP contribution in [0.3, 0.4) is 0 Å². The fraction of sp³-hybridized carbons (Fsp3) is 0.895. The summed E-state index contributed by atoms with van der Waals surface area (Å²) in [5.41, 5.74) is -0.656. The van der Waals surface area contributed by atoms with Crippen molar-refractivity contribution < 1.29 is 23.8 Å². The molecule has 0 aromatic carbocycles. The Hall–Kier alpha value is -1.10. The molecule has 5 saturated carbocycles. The van der Waals surface area contributed by atoms with Gasteiger partial charge < -0.3 is 14.2 Å². The second-order valence-corrected chi connectivity index (χ2v) is 8.80. The summed E-state index contributed by atoms with van der Waals surface area (Å²) in [6, 6.07) is 0. The van der Waals surface area contributed by atoms with Gasteiger partial charge in [0.05, 0.1) is 37.3 Å². The maximum atomic E-state index is 12.3. The molecule has 0 N–H and O–H groups in total. The van der Waals surface area contributed by atoms with E-state index in [1.165, 1.54) is 6.42 Å². The van der Waals surface area contributed by atoms with Crippen LogP contribution in [0.4, 0.5) is 0 Å². The highest BCUT2D eigenvalue weighted by molar-refractivity contribution is 5.74. The molecule has 7 fully saturated rings. The smallest absolute Gasteiger partial charge is 0.308 e. The van der Waals surface area contributed by atoms with Gasteiger partial charge >= 0.3 is 11.9 Å². The van der Waals surface area contributed by atoms with E-state index in [4.69, 9.17) is 14.2 Å². The Labute approximate surface area is 141 Å². The van der Waals surface area contributed by atoms with E-state index >= 15 is 0 Å². The molecule has 0 spiro atoms. The molecule has 5 aliphatic carbocycles. The van der Waals surface area contributed by atoms with Crippen LogP contribution in [0.5, 0.6) is 0 Å². The van der Waals surface area contributed by atoms with Gasteiger partial charge in [0, 0.05) is 0 Å². The van der Waals surface area contributed by atoms with Crippen molar-refractivity contribution in [1.29, 1.82) is 0 Å². The molecule has 4 bridgehead atoms. The maximum absolute atomic E-state index is 12.3. The van der Waals surface area contributed by atoms with E-state index in [9.17, 15) is 9.59 Å². The van der Waals surface area contributed by atoms with E-state index in [-0.39, 0.29) is 23.1 Å². The van der Waals surface area contributed by atoms with Crippen LogP contribution in [0.15, 0.2) is 0 Å². The van der Waals surface area contributed by atoms with Gasteiger partial charge in [-0.3, -0.25) is 9.59 Å². The van der Waals surface area contributed by atoms with Gasteiger partial charge in [-0.1, -0.05) is 0 Å². The van der Waals surface area contributed by atoms with Crippen LogP contribution >= 0.6 is 0 Å². The first-order chi connectivity index (χ1) is 11.6. The number of hydrogen-bond donors (Lipinski definition) is 0. The second-order valence-electron chi connectivity index (χ2n) is 8.80. The van der Waals surface area contributed by atoms with Crippen molar-refractivity contribution in [3.63, 3.8) is 0 Å². The lowest BCUT2D eigenvalue weighted by Crippen LogP contribution is -2.52. The highest BCUT2D eigenvalue weighted by Gasteiger charge is 2.97. The van der Waals surface area contributed by atoms with Crippen molar-refractivity contribution >= 4 is 11.9 Å². The summed E-state index contributed by atoms with van der Waals surface area (Å²) in [5.74, 6) is 4.64. The summed E-state index contributed by atoms with van der Waals surface area (Å²) in [5, 5.41) is 0. The summed E-state index contributed by atoms with van der Waals surface area (Å²) in [4.78, 5) is 24.6. The van der Waals surface area contributed by atoms with Gasteiger partial charge in [-0.15, -0.1) is 0 Å². The number of hydrogen-bond acceptors (Lipinski definition) is 5. The highest BCUT2D eigenvalue weighted by atomic mass is 16.6. The molecule has 5 nitrogen and oxygen atoms in total. The quantitative estimate of drug-likeness (QED) is 0.694. The zero-order chi connectivity index (χ0) is 16.4. The number of rotatable bonds is 6. The summed E-state index contributed by atoms with van der Waals surface area (Å²) in [6.45, 7) is 4.54. The first kappa shape index (κ1) is 14.1. The molecule has 0 aromatic heterocycles. The molecule has 2 heterocycles. The summed E-state index contributed by atoms with van der Waals surface area (Å²) >= 11 is 0. The van der Waals surface area contributed by atoms with Crippen molar-refractivity contribution in [2.45, 2.75) is 44.3 Å². The van der Waals surface area contributed by atoms with Crippen molar-refractivity contribution in [3.8, 4) is 0 Å². The van der Waals surface area contributed by atoms with Crippen molar-refractivity contribution in [3.05, 3.63) is 0 Å². The molecule has 5 heteroatoms. The van der Waals surface area contributed by atoms with E-state index < -0.39 is 0 Å². The van der Waals surface area contributed by atoms with Crippen LogP contribution in [-0.4, -0.2) is 36.4 Å². The zero-order valence-corrected chi connectivity index (χ0v) is 14.2. The molecule has 10 atom stereocenters. The van der Waals surface area contributed by atoms with E-state index in [0.717, 1.165) is 23.7 Å². The number of esters is 2. The third-order valence-electron chi connectivity index (χ3n) is 8.59. The van der Waals surface area contributed by atoms with Crippen LogP contribution in [0.25, 0.3) is 0 Å². The predicted molar refractivity (Wildman–Crippen MR) is 81.6 cm³/mol. The van der Waals surface area contributed by atoms with Crippen LogP contribution in [0.1, 0.15) is 33.1 Å². The molecular formula is C19H24O5. The summed E-state index contributed by atoms with van der Waals surface area (Å²) in [6.07, 6.45) is 2.08. The van der Waals surface area contributed by atoms with Gasteiger partial charge in [-0.25, -0.2) is 0 Å². The molecular weight excluding hydrogens is 308 g/mol. The van der Waals surface area contributed by atoms with Gasteiger partial charge in [0.15, 0.2) is 0 Å². The number of ether oxygens (including phenoxy) is 3. The fourth-order valence-electron chi connectivity index (χ4n) is 8.93. The molecule has 7 rings (SSSR count). The lowest BCUT2D eigenvalue weighted by atomic mass is 9.54. The Morgan fingerprint density at radius 2 is 1.33 bits per heavy atom. The van der Waals surface area contributed by atoms with Crippen LogP contribution in [0.2, 0.25) is 0 Å². The summed E-state index contributed by atoms with van der Waals surface area (Å²) < 4.78 is 17.3. The average molecular weight is 332 g/mol.